The van der Waals surface area contributed by atoms with Crippen molar-refractivity contribution in [2.45, 2.75) is 52.5 Å². The number of hydrogen-bond acceptors (Lipinski definition) is 5. The van der Waals surface area contributed by atoms with Crippen molar-refractivity contribution >= 4 is 28.6 Å². The van der Waals surface area contributed by atoms with E-state index in [1.165, 1.54) is 0 Å². The Labute approximate surface area is 160 Å². The van der Waals surface area contributed by atoms with E-state index in [1.54, 1.807) is 11.3 Å². The van der Waals surface area contributed by atoms with Crippen LogP contribution in [0.2, 0.25) is 0 Å². The minimum atomic E-state index is -0.151. The second-order valence-electron chi connectivity index (χ2n) is 6.20. The molecule has 1 amide bonds. The van der Waals surface area contributed by atoms with Crippen molar-refractivity contribution in [3.8, 4) is 0 Å². The molecule has 0 unspecified atom stereocenters. The molecule has 1 atom stereocenters. The first kappa shape index (κ1) is 20.4. The molecule has 0 aliphatic carbocycles. The Bertz CT molecular complexity index is 701. The molecule has 0 bridgehead atoms. The van der Waals surface area contributed by atoms with Crippen LogP contribution in [-0.4, -0.2) is 30.0 Å². The predicted octanol–water partition coefficient (Wildman–Crippen LogP) is 4.30. The van der Waals surface area contributed by atoms with Crippen molar-refractivity contribution in [1.82, 2.24) is 4.98 Å². The third kappa shape index (κ3) is 5.29. The van der Waals surface area contributed by atoms with Gasteiger partial charge >= 0.3 is 0 Å². The molecule has 6 heteroatoms. The third-order valence-electron chi connectivity index (χ3n) is 4.20. The van der Waals surface area contributed by atoms with Crippen LogP contribution in [-0.2, 0) is 6.42 Å². The summed E-state index contributed by atoms with van der Waals surface area (Å²) >= 11 is 1.55. The van der Waals surface area contributed by atoms with E-state index in [2.05, 4.69) is 22.1 Å². The lowest BCUT2D eigenvalue weighted by atomic mass is 10.1. The summed E-state index contributed by atoms with van der Waals surface area (Å²) in [6.45, 7) is 7.91. The number of nitrogens with two attached hydrogens (primary N) is 1. The molecule has 0 saturated carbocycles. The molecule has 142 valence electrons. The van der Waals surface area contributed by atoms with E-state index < -0.39 is 0 Å². The highest BCUT2D eigenvalue weighted by atomic mass is 32.1. The van der Waals surface area contributed by atoms with Gasteiger partial charge < -0.3 is 16.0 Å². The average Bonchev–Trinajstić information content (AvgIpc) is 3.13. The van der Waals surface area contributed by atoms with Gasteiger partial charge in [-0.05, 0) is 37.8 Å². The minimum Gasteiger partial charge on any atom is -0.368 e. The van der Waals surface area contributed by atoms with E-state index in [1.807, 2.05) is 43.5 Å². The summed E-state index contributed by atoms with van der Waals surface area (Å²) in [6.07, 6.45) is 4.09. The van der Waals surface area contributed by atoms with Gasteiger partial charge in [-0.1, -0.05) is 32.9 Å². The topological polar surface area (TPSA) is 71.2 Å². The molecule has 5 nitrogen and oxygen atoms in total. The van der Waals surface area contributed by atoms with Crippen LogP contribution in [0.1, 0.15) is 55.5 Å². The molecule has 1 aromatic carbocycles. The highest BCUT2D eigenvalue weighted by Gasteiger charge is 2.20. The van der Waals surface area contributed by atoms with Gasteiger partial charge in [-0.2, -0.15) is 0 Å². The highest BCUT2D eigenvalue weighted by molar-refractivity contribution is 7.09. The van der Waals surface area contributed by atoms with Gasteiger partial charge in [-0.3, -0.25) is 4.79 Å². The highest BCUT2D eigenvalue weighted by Crippen LogP contribution is 2.28. The zero-order valence-electron chi connectivity index (χ0n) is 16.0. The van der Waals surface area contributed by atoms with E-state index in [0.29, 0.717) is 5.69 Å². The fourth-order valence-electron chi connectivity index (χ4n) is 3.01. The van der Waals surface area contributed by atoms with Crippen LogP contribution < -0.4 is 16.0 Å². The largest absolute Gasteiger partial charge is 0.368 e. The minimum absolute atomic E-state index is 0.151. The molecule has 1 aliphatic heterocycles. The molecule has 3 rings (SSSR count). The van der Waals surface area contributed by atoms with Gasteiger partial charge in [0, 0.05) is 24.5 Å². The molecule has 0 radical (unpaired) electrons. The lowest BCUT2D eigenvalue weighted by Gasteiger charge is -2.33. The van der Waals surface area contributed by atoms with Crippen LogP contribution in [0.4, 0.5) is 11.4 Å². The molecule has 2 heterocycles. The number of rotatable bonds is 5. The maximum Gasteiger partial charge on any atom is 0.275 e. The quantitative estimate of drug-likeness (QED) is 0.818. The van der Waals surface area contributed by atoms with E-state index in [4.69, 9.17) is 5.73 Å². The van der Waals surface area contributed by atoms with Gasteiger partial charge in [0.05, 0.1) is 16.4 Å². The Balaban J connectivity index is 0.00000117. The number of amides is 1. The van der Waals surface area contributed by atoms with Gasteiger partial charge in [0.2, 0.25) is 0 Å². The Morgan fingerprint density at radius 3 is 2.88 bits per heavy atom. The summed E-state index contributed by atoms with van der Waals surface area (Å²) in [7, 11) is 0. The molecular formula is C20H30N4OS. The second-order valence-corrected chi connectivity index (χ2v) is 7.14. The Morgan fingerprint density at radius 1 is 1.38 bits per heavy atom. The molecule has 1 aromatic heterocycles. The van der Waals surface area contributed by atoms with E-state index in [-0.39, 0.29) is 11.9 Å². The van der Waals surface area contributed by atoms with Crippen molar-refractivity contribution in [1.29, 1.82) is 0 Å². The number of piperidine rings is 1. The summed E-state index contributed by atoms with van der Waals surface area (Å²) in [4.78, 5) is 19.2. The first-order valence-electron chi connectivity index (χ1n) is 9.52. The molecule has 26 heavy (non-hydrogen) atoms. The molecule has 2 aromatic rings. The normalized spacial score (nSPS) is 16.6. The average molecular weight is 375 g/mol. The number of para-hydroxylation sites is 2. The van der Waals surface area contributed by atoms with Crippen molar-refractivity contribution in [3.63, 3.8) is 0 Å². The first-order valence-corrected chi connectivity index (χ1v) is 10.4. The second kappa shape index (κ2) is 10.3. The zero-order chi connectivity index (χ0) is 18.9. The summed E-state index contributed by atoms with van der Waals surface area (Å²) < 4.78 is 0. The lowest BCUT2D eigenvalue weighted by Crippen LogP contribution is -2.43. The molecule has 3 N–H and O–H groups in total. The number of anilines is 2. The number of nitrogens with one attached hydrogen (secondary N) is 1. The number of thiazole rings is 1. The Morgan fingerprint density at radius 2 is 2.15 bits per heavy atom. The summed E-state index contributed by atoms with van der Waals surface area (Å²) in [5.74, 6) is -0.151. The Kier molecular flexibility index (Phi) is 8.06. The zero-order valence-corrected chi connectivity index (χ0v) is 16.8. The van der Waals surface area contributed by atoms with Crippen LogP contribution in [0, 0.1) is 0 Å². The molecule has 1 saturated heterocycles. The van der Waals surface area contributed by atoms with Crippen molar-refractivity contribution in [3.05, 3.63) is 40.3 Å². The number of carbonyl (C=O) groups is 1. The van der Waals surface area contributed by atoms with Gasteiger partial charge in [-0.25, -0.2) is 4.98 Å². The lowest BCUT2D eigenvalue weighted by molar-refractivity contribution is 0.102. The van der Waals surface area contributed by atoms with E-state index in [0.717, 1.165) is 55.2 Å². The first-order chi connectivity index (χ1) is 12.7. The standard InChI is InChI=1S/C18H24N4OS.C2H6/c1-2-6-17-20-15(12-24-17)18(23)21-14-8-3-4-9-16(14)22-10-5-7-13(19)11-22;1-2/h3-4,8-9,12-13H,2,5-7,10-11,19H2,1H3,(H,21,23);1-2H3/t13-;/m0./s1. The molecule has 1 aliphatic rings. The summed E-state index contributed by atoms with van der Waals surface area (Å²) in [5.41, 5.74) is 8.45. The van der Waals surface area contributed by atoms with Gasteiger partial charge in [0.25, 0.3) is 5.91 Å². The van der Waals surface area contributed by atoms with E-state index >= 15 is 0 Å². The maximum absolute atomic E-state index is 12.5. The number of aromatic nitrogens is 1. The number of hydrogen-bond donors (Lipinski definition) is 2. The van der Waals surface area contributed by atoms with Crippen molar-refractivity contribution < 1.29 is 4.79 Å². The van der Waals surface area contributed by atoms with Crippen LogP contribution in [0.5, 0.6) is 0 Å². The van der Waals surface area contributed by atoms with Crippen LogP contribution >= 0.6 is 11.3 Å². The number of benzene rings is 1. The SMILES string of the molecule is CC.CCCc1nc(C(=O)Nc2ccccc2N2CCC[C@H](N)C2)cs1. The van der Waals surface area contributed by atoms with Crippen LogP contribution in [0.25, 0.3) is 0 Å². The number of carbonyl (C=O) groups excluding carboxylic acids is 1. The third-order valence-corrected chi connectivity index (χ3v) is 5.11. The summed E-state index contributed by atoms with van der Waals surface area (Å²) in [6, 6.07) is 8.10. The van der Waals surface area contributed by atoms with Crippen molar-refractivity contribution in [2.24, 2.45) is 5.73 Å². The molecule has 1 fully saturated rings. The van der Waals surface area contributed by atoms with Gasteiger partial charge in [0.15, 0.2) is 0 Å². The van der Waals surface area contributed by atoms with Gasteiger partial charge in [-0.15, -0.1) is 11.3 Å². The summed E-state index contributed by atoms with van der Waals surface area (Å²) in [5, 5.41) is 5.86. The fourth-order valence-corrected chi connectivity index (χ4v) is 3.89. The fraction of sp³-hybridized carbons (Fsp3) is 0.500. The van der Waals surface area contributed by atoms with Crippen LogP contribution in [0.3, 0.4) is 0 Å². The monoisotopic (exact) mass is 374 g/mol. The van der Waals surface area contributed by atoms with E-state index in [9.17, 15) is 4.79 Å². The van der Waals surface area contributed by atoms with Crippen LogP contribution in [0.15, 0.2) is 29.6 Å². The predicted molar refractivity (Wildman–Crippen MR) is 111 cm³/mol. The molecule has 0 spiro atoms. The molecular weight excluding hydrogens is 344 g/mol. The van der Waals surface area contributed by atoms with Crippen molar-refractivity contribution in [2.75, 3.05) is 23.3 Å². The number of nitrogens with zero attached hydrogens (tertiary/aromatic N) is 2. The number of aryl methyl sites for hydroxylation is 1. The maximum atomic E-state index is 12.5. The smallest absolute Gasteiger partial charge is 0.275 e. The Hall–Kier alpha value is -1.92. The van der Waals surface area contributed by atoms with Gasteiger partial charge in [0.1, 0.15) is 5.69 Å².